The third-order valence-electron chi connectivity index (χ3n) is 2.20. The van der Waals surface area contributed by atoms with Gasteiger partial charge in [-0.15, -0.1) is 0 Å². The fourth-order valence-electron chi connectivity index (χ4n) is 1.41. The molecule has 2 aromatic rings. The number of aliphatic carboxylic acids is 1. The number of fused-ring (bicyclic) bond motifs is 1. The van der Waals surface area contributed by atoms with E-state index >= 15 is 0 Å². The van der Waals surface area contributed by atoms with Crippen molar-refractivity contribution < 1.29 is 27.9 Å². The first-order valence-electron chi connectivity index (χ1n) is 5.05. The van der Waals surface area contributed by atoms with Crippen molar-refractivity contribution in [1.82, 2.24) is 19.5 Å². The molecule has 0 aliphatic carbocycles. The minimum atomic E-state index is -5.07. The van der Waals surface area contributed by atoms with Crippen LogP contribution in [0, 0.1) is 0 Å². The number of rotatable bonds is 3. The van der Waals surface area contributed by atoms with Crippen molar-refractivity contribution in [1.29, 1.82) is 0 Å². The third-order valence-corrected chi connectivity index (χ3v) is 2.20. The van der Waals surface area contributed by atoms with Crippen molar-refractivity contribution in [3.8, 4) is 0 Å². The number of carboxylic acid groups (broad SMARTS) is 1. The predicted molar refractivity (Wildman–Crippen MR) is 57.6 cm³/mol. The first-order chi connectivity index (χ1) is 9.29. The van der Waals surface area contributed by atoms with Crippen LogP contribution in [0.25, 0.3) is 11.2 Å². The molecule has 0 saturated carbocycles. The zero-order valence-electron chi connectivity index (χ0n) is 9.55. The minimum Gasteiger partial charge on any atom is -0.480 e. The van der Waals surface area contributed by atoms with Crippen LogP contribution in [0.3, 0.4) is 0 Å². The van der Waals surface area contributed by atoms with Crippen LogP contribution in [0.15, 0.2) is 12.7 Å². The SMILES string of the molecule is O=C(O)Cn1cnc2c(NC(=O)C(F)(F)F)ncnc21. The molecule has 0 saturated heterocycles. The highest BCUT2D eigenvalue weighted by molar-refractivity contribution is 5.99. The second-order valence-electron chi connectivity index (χ2n) is 3.61. The molecule has 0 spiro atoms. The van der Waals surface area contributed by atoms with Crippen LogP contribution in [-0.2, 0) is 16.1 Å². The van der Waals surface area contributed by atoms with Crippen LogP contribution < -0.4 is 5.32 Å². The number of carboxylic acids is 1. The summed E-state index contributed by atoms with van der Waals surface area (Å²) in [6.07, 6.45) is -3.09. The molecule has 2 N–H and O–H groups in total. The molecule has 0 fully saturated rings. The maximum Gasteiger partial charge on any atom is 0.471 e. The molecule has 11 heteroatoms. The lowest BCUT2D eigenvalue weighted by molar-refractivity contribution is -0.167. The summed E-state index contributed by atoms with van der Waals surface area (Å²) < 4.78 is 37.6. The van der Waals surface area contributed by atoms with Gasteiger partial charge in [-0.25, -0.2) is 15.0 Å². The number of hydrogen-bond acceptors (Lipinski definition) is 5. The van der Waals surface area contributed by atoms with Gasteiger partial charge in [-0.05, 0) is 0 Å². The number of nitrogens with zero attached hydrogens (tertiary/aromatic N) is 4. The molecule has 8 nitrogen and oxygen atoms in total. The number of nitrogens with one attached hydrogen (secondary N) is 1. The maximum atomic E-state index is 12.2. The van der Waals surface area contributed by atoms with Crippen LogP contribution in [0.2, 0.25) is 0 Å². The average Bonchev–Trinajstić information content (AvgIpc) is 2.72. The number of imidazole rings is 1. The number of carbonyl (C=O) groups is 2. The van der Waals surface area contributed by atoms with E-state index in [1.807, 2.05) is 0 Å². The summed E-state index contributed by atoms with van der Waals surface area (Å²) in [6.45, 7) is -0.472. The molecule has 1 amide bonds. The molecule has 106 valence electrons. The molecule has 0 aliphatic rings. The van der Waals surface area contributed by atoms with Gasteiger partial charge in [0.2, 0.25) is 0 Å². The highest BCUT2D eigenvalue weighted by Crippen LogP contribution is 2.21. The molecule has 0 aromatic carbocycles. The van der Waals surface area contributed by atoms with Crippen molar-refractivity contribution in [2.75, 3.05) is 5.32 Å². The number of aromatic nitrogens is 4. The Morgan fingerprint density at radius 3 is 2.60 bits per heavy atom. The summed E-state index contributed by atoms with van der Waals surface area (Å²) in [4.78, 5) is 32.3. The summed E-state index contributed by atoms with van der Waals surface area (Å²) >= 11 is 0. The molecule has 20 heavy (non-hydrogen) atoms. The van der Waals surface area contributed by atoms with Crippen molar-refractivity contribution in [3.63, 3.8) is 0 Å². The molecule has 2 rings (SSSR count). The standard InChI is InChI=1S/C9H6F3N5O3/c10-9(11,12)8(20)16-6-5-7(14-2-13-6)17(3-15-5)1-4(18)19/h2-3H,1H2,(H,18,19)(H,13,14,16,20). The van der Waals surface area contributed by atoms with Gasteiger partial charge in [-0.3, -0.25) is 9.59 Å². The fraction of sp³-hybridized carbons (Fsp3) is 0.222. The van der Waals surface area contributed by atoms with Gasteiger partial charge in [-0.1, -0.05) is 0 Å². The zero-order valence-corrected chi connectivity index (χ0v) is 9.55. The Balaban J connectivity index is 2.39. The second-order valence-corrected chi connectivity index (χ2v) is 3.61. The lowest BCUT2D eigenvalue weighted by Crippen LogP contribution is -2.30. The smallest absolute Gasteiger partial charge is 0.471 e. The van der Waals surface area contributed by atoms with E-state index in [4.69, 9.17) is 5.11 Å². The third kappa shape index (κ3) is 2.65. The van der Waals surface area contributed by atoms with Crippen LogP contribution in [0.4, 0.5) is 19.0 Å². The van der Waals surface area contributed by atoms with Gasteiger partial charge in [0, 0.05) is 0 Å². The van der Waals surface area contributed by atoms with Crippen molar-refractivity contribution >= 4 is 28.9 Å². The van der Waals surface area contributed by atoms with E-state index in [-0.39, 0.29) is 11.2 Å². The fourth-order valence-corrected chi connectivity index (χ4v) is 1.41. The Morgan fingerprint density at radius 1 is 1.30 bits per heavy atom. The van der Waals surface area contributed by atoms with E-state index in [9.17, 15) is 22.8 Å². The molecule has 0 bridgehead atoms. The molecule has 0 atom stereocenters. The largest absolute Gasteiger partial charge is 0.480 e. The summed E-state index contributed by atoms with van der Waals surface area (Å²) in [5.41, 5.74) is -0.133. The predicted octanol–water partition coefficient (Wildman–Crippen LogP) is 0.412. The average molecular weight is 289 g/mol. The molecule has 0 aliphatic heterocycles. The van der Waals surface area contributed by atoms with E-state index in [1.165, 1.54) is 0 Å². The van der Waals surface area contributed by atoms with Gasteiger partial charge in [0.15, 0.2) is 17.0 Å². The molecular formula is C9H6F3N5O3. The van der Waals surface area contributed by atoms with Gasteiger partial charge in [0.25, 0.3) is 0 Å². The summed E-state index contributed by atoms with van der Waals surface area (Å²) in [5, 5.41) is 10.2. The Hall–Kier alpha value is -2.72. The van der Waals surface area contributed by atoms with Crippen molar-refractivity contribution in [2.24, 2.45) is 0 Å². The summed E-state index contributed by atoms with van der Waals surface area (Å²) in [5.74, 6) is -3.82. The van der Waals surface area contributed by atoms with E-state index in [1.54, 1.807) is 5.32 Å². The summed E-state index contributed by atoms with van der Waals surface area (Å²) in [6, 6.07) is 0. The molecule has 0 unspecified atom stereocenters. The highest BCUT2D eigenvalue weighted by Gasteiger charge is 2.39. The second kappa shape index (κ2) is 4.75. The highest BCUT2D eigenvalue weighted by atomic mass is 19.4. The van der Waals surface area contributed by atoms with Crippen LogP contribution in [-0.4, -0.2) is 42.7 Å². The van der Waals surface area contributed by atoms with Gasteiger partial charge in [0.1, 0.15) is 12.9 Å². The van der Waals surface area contributed by atoms with Gasteiger partial charge in [-0.2, -0.15) is 13.2 Å². The first kappa shape index (κ1) is 13.7. The van der Waals surface area contributed by atoms with Gasteiger partial charge < -0.3 is 15.0 Å². The zero-order chi connectivity index (χ0) is 14.9. The van der Waals surface area contributed by atoms with Crippen LogP contribution >= 0.6 is 0 Å². The number of alkyl halides is 3. The number of halogens is 3. The minimum absolute atomic E-state index is 0.000116. The molecule has 2 heterocycles. The Bertz CT molecular complexity index is 681. The van der Waals surface area contributed by atoms with Gasteiger partial charge >= 0.3 is 18.1 Å². The Labute approximate surface area is 108 Å². The monoisotopic (exact) mass is 289 g/mol. The number of hydrogen-bond donors (Lipinski definition) is 2. The Kier molecular flexibility index (Phi) is 3.26. The summed E-state index contributed by atoms with van der Waals surface area (Å²) in [7, 11) is 0. The number of amides is 1. The number of anilines is 1. The molecular weight excluding hydrogens is 283 g/mol. The first-order valence-corrected chi connectivity index (χ1v) is 5.05. The van der Waals surface area contributed by atoms with Crippen LogP contribution in [0.1, 0.15) is 0 Å². The lowest BCUT2D eigenvalue weighted by atomic mass is 10.4. The van der Waals surface area contributed by atoms with E-state index in [2.05, 4.69) is 15.0 Å². The Morgan fingerprint density at radius 2 is 2.00 bits per heavy atom. The van der Waals surface area contributed by atoms with Crippen molar-refractivity contribution in [2.45, 2.75) is 12.7 Å². The lowest BCUT2D eigenvalue weighted by Gasteiger charge is -2.07. The quantitative estimate of drug-likeness (QED) is 0.847. The van der Waals surface area contributed by atoms with Crippen LogP contribution in [0.5, 0.6) is 0 Å². The normalized spacial score (nSPS) is 11.6. The molecule has 2 aromatic heterocycles. The van der Waals surface area contributed by atoms with Crippen molar-refractivity contribution in [3.05, 3.63) is 12.7 Å². The maximum absolute atomic E-state index is 12.2. The van der Waals surface area contributed by atoms with E-state index < -0.39 is 30.4 Å². The molecule has 0 radical (unpaired) electrons. The number of carbonyl (C=O) groups excluding carboxylic acids is 1. The van der Waals surface area contributed by atoms with E-state index in [0.717, 1.165) is 17.2 Å². The topological polar surface area (TPSA) is 110 Å². The van der Waals surface area contributed by atoms with Gasteiger partial charge in [0.05, 0.1) is 6.33 Å². The van der Waals surface area contributed by atoms with E-state index in [0.29, 0.717) is 0 Å².